The molecule has 0 aliphatic carbocycles. The third kappa shape index (κ3) is 2.54. The summed E-state index contributed by atoms with van der Waals surface area (Å²) in [5, 5.41) is 1.26. The second-order valence-corrected chi connectivity index (χ2v) is 5.94. The summed E-state index contributed by atoms with van der Waals surface area (Å²) in [6.07, 6.45) is 0.969. The first-order chi connectivity index (χ1) is 8.43. The van der Waals surface area contributed by atoms with Crippen LogP contribution in [0.5, 0.6) is 0 Å². The summed E-state index contributed by atoms with van der Waals surface area (Å²) in [7, 11) is 0. The topological polar surface area (TPSA) is 38.9 Å². The standard InChI is InChI=1S/C16H22N2/c1-11-8-12(2)18-15-13(6-5-7-14(11)15)9-16(3,4)10-17/h5-8H,9-10,17H2,1-4H3. The highest BCUT2D eigenvalue weighted by atomic mass is 14.7. The van der Waals surface area contributed by atoms with Gasteiger partial charge >= 0.3 is 0 Å². The Morgan fingerprint density at radius 1 is 1.22 bits per heavy atom. The summed E-state index contributed by atoms with van der Waals surface area (Å²) >= 11 is 0. The van der Waals surface area contributed by atoms with E-state index in [4.69, 9.17) is 10.7 Å². The first kappa shape index (κ1) is 13.0. The van der Waals surface area contributed by atoms with Gasteiger partial charge in [0.05, 0.1) is 5.52 Å². The molecule has 2 heteroatoms. The minimum atomic E-state index is 0.119. The molecule has 1 aromatic carbocycles. The van der Waals surface area contributed by atoms with Crippen molar-refractivity contribution < 1.29 is 0 Å². The number of benzene rings is 1. The maximum Gasteiger partial charge on any atom is 0.0739 e. The highest BCUT2D eigenvalue weighted by molar-refractivity contribution is 5.85. The molecule has 0 amide bonds. The Morgan fingerprint density at radius 2 is 1.94 bits per heavy atom. The van der Waals surface area contributed by atoms with Crippen molar-refractivity contribution in [3.63, 3.8) is 0 Å². The van der Waals surface area contributed by atoms with E-state index in [2.05, 4.69) is 52.0 Å². The third-order valence-corrected chi connectivity index (χ3v) is 3.48. The van der Waals surface area contributed by atoms with Gasteiger partial charge in [0.15, 0.2) is 0 Å². The van der Waals surface area contributed by atoms with Gasteiger partial charge in [0.2, 0.25) is 0 Å². The zero-order valence-corrected chi connectivity index (χ0v) is 11.7. The number of hydrogen-bond acceptors (Lipinski definition) is 2. The SMILES string of the molecule is Cc1cc(C)c2cccc(CC(C)(C)CN)c2n1. The molecule has 2 nitrogen and oxygen atoms in total. The van der Waals surface area contributed by atoms with Gasteiger partial charge in [-0.25, -0.2) is 0 Å². The first-order valence-corrected chi connectivity index (χ1v) is 6.49. The van der Waals surface area contributed by atoms with Gasteiger partial charge in [-0.1, -0.05) is 32.0 Å². The highest BCUT2D eigenvalue weighted by Crippen LogP contribution is 2.27. The van der Waals surface area contributed by atoms with E-state index in [1.54, 1.807) is 0 Å². The molecule has 0 saturated heterocycles. The van der Waals surface area contributed by atoms with Gasteiger partial charge in [0, 0.05) is 11.1 Å². The number of pyridine rings is 1. The van der Waals surface area contributed by atoms with Crippen molar-refractivity contribution in [1.82, 2.24) is 4.98 Å². The van der Waals surface area contributed by atoms with Gasteiger partial charge in [-0.05, 0) is 49.4 Å². The van der Waals surface area contributed by atoms with Crippen molar-refractivity contribution >= 4 is 10.9 Å². The molecule has 2 rings (SSSR count). The number of para-hydroxylation sites is 1. The summed E-state index contributed by atoms with van der Waals surface area (Å²) in [6.45, 7) is 9.29. The summed E-state index contributed by atoms with van der Waals surface area (Å²) in [6, 6.07) is 8.58. The fourth-order valence-electron chi connectivity index (χ4n) is 2.37. The van der Waals surface area contributed by atoms with Crippen LogP contribution >= 0.6 is 0 Å². The zero-order valence-electron chi connectivity index (χ0n) is 11.7. The predicted octanol–water partition coefficient (Wildman–Crippen LogP) is 3.38. The second-order valence-electron chi connectivity index (χ2n) is 5.94. The van der Waals surface area contributed by atoms with Crippen molar-refractivity contribution in [2.24, 2.45) is 11.1 Å². The van der Waals surface area contributed by atoms with Crippen molar-refractivity contribution in [2.45, 2.75) is 34.1 Å². The summed E-state index contributed by atoms with van der Waals surface area (Å²) in [5.41, 5.74) is 10.8. The number of hydrogen-bond donors (Lipinski definition) is 1. The number of fused-ring (bicyclic) bond motifs is 1. The smallest absolute Gasteiger partial charge is 0.0739 e. The third-order valence-electron chi connectivity index (χ3n) is 3.48. The summed E-state index contributed by atoms with van der Waals surface area (Å²) < 4.78 is 0. The summed E-state index contributed by atoms with van der Waals surface area (Å²) in [4.78, 5) is 4.71. The molecule has 0 unspecified atom stereocenters. The number of rotatable bonds is 3. The van der Waals surface area contributed by atoms with Gasteiger partial charge in [-0.3, -0.25) is 4.98 Å². The molecule has 0 aliphatic rings. The molecule has 0 aliphatic heterocycles. The average Bonchev–Trinajstić information content (AvgIpc) is 2.30. The minimum absolute atomic E-state index is 0.119. The van der Waals surface area contributed by atoms with E-state index >= 15 is 0 Å². The van der Waals surface area contributed by atoms with Gasteiger partial charge in [-0.2, -0.15) is 0 Å². The maximum atomic E-state index is 5.84. The van der Waals surface area contributed by atoms with Crippen molar-refractivity contribution in [3.8, 4) is 0 Å². The number of aryl methyl sites for hydroxylation is 2. The molecule has 0 fully saturated rings. The second kappa shape index (κ2) is 4.69. The molecular formula is C16H22N2. The maximum absolute atomic E-state index is 5.84. The lowest BCUT2D eigenvalue weighted by atomic mass is 9.85. The fourth-order valence-corrected chi connectivity index (χ4v) is 2.37. The monoisotopic (exact) mass is 242 g/mol. The Kier molecular flexibility index (Phi) is 3.40. The van der Waals surface area contributed by atoms with Crippen molar-refractivity contribution in [3.05, 3.63) is 41.1 Å². The Morgan fingerprint density at radius 3 is 2.61 bits per heavy atom. The Balaban J connectivity index is 2.58. The minimum Gasteiger partial charge on any atom is -0.330 e. The van der Waals surface area contributed by atoms with E-state index in [1.807, 2.05) is 0 Å². The molecule has 0 atom stereocenters. The summed E-state index contributed by atoms with van der Waals surface area (Å²) in [5.74, 6) is 0. The Bertz CT molecular complexity index is 571. The van der Waals surface area contributed by atoms with E-state index < -0.39 is 0 Å². The van der Waals surface area contributed by atoms with Crippen molar-refractivity contribution in [2.75, 3.05) is 6.54 Å². The number of aromatic nitrogens is 1. The predicted molar refractivity (Wildman–Crippen MR) is 77.8 cm³/mol. The van der Waals surface area contributed by atoms with Crippen LogP contribution in [-0.4, -0.2) is 11.5 Å². The number of nitrogens with two attached hydrogens (primary N) is 1. The van der Waals surface area contributed by atoms with Crippen LogP contribution in [0.1, 0.15) is 30.7 Å². The highest BCUT2D eigenvalue weighted by Gasteiger charge is 2.18. The molecule has 2 aromatic rings. The molecule has 2 N–H and O–H groups in total. The molecule has 0 saturated carbocycles. The molecule has 0 radical (unpaired) electrons. The molecule has 96 valence electrons. The molecule has 18 heavy (non-hydrogen) atoms. The van der Waals surface area contributed by atoms with Crippen LogP contribution in [0, 0.1) is 19.3 Å². The lowest BCUT2D eigenvalue weighted by Gasteiger charge is -2.23. The molecule has 0 spiro atoms. The van der Waals surface area contributed by atoms with Crippen LogP contribution < -0.4 is 5.73 Å². The van der Waals surface area contributed by atoms with Crippen LogP contribution in [0.2, 0.25) is 0 Å². The van der Waals surface area contributed by atoms with Crippen molar-refractivity contribution in [1.29, 1.82) is 0 Å². The lowest BCUT2D eigenvalue weighted by molar-refractivity contribution is 0.378. The van der Waals surface area contributed by atoms with Crippen LogP contribution in [-0.2, 0) is 6.42 Å². The van der Waals surface area contributed by atoms with Crippen LogP contribution in [0.25, 0.3) is 10.9 Å². The first-order valence-electron chi connectivity index (χ1n) is 6.49. The van der Waals surface area contributed by atoms with Gasteiger partial charge in [-0.15, -0.1) is 0 Å². The normalized spacial score (nSPS) is 12.1. The fraction of sp³-hybridized carbons (Fsp3) is 0.438. The van der Waals surface area contributed by atoms with E-state index in [1.165, 1.54) is 16.5 Å². The van der Waals surface area contributed by atoms with E-state index in [0.29, 0.717) is 6.54 Å². The largest absolute Gasteiger partial charge is 0.330 e. The van der Waals surface area contributed by atoms with Crippen LogP contribution in [0.15, 0.2) is 24.3 Å². The zero-order chi connectivity index (χ0) is 13.3. The molecular weight excluding hydrogens is 220 g/mol. The van der Waals surface area contributed by atoms with E-state index in [0.717, 1.165) is 17.6 Å². The Labute approximate surface area is 109 Å². The molecule has 1 aromatic heterocycles. The molecule has 1 heterocycles. The molecule has 0 bridgehead atoms. The van der Waals surface area contributed by atoms with E-state index in [9.17, 15) is 0 Å². The number of nitrogens with zero attached hydrogens (tertiary/aromatic N) is 1. The quantitative estimate of drug-likeness (QED) is 0.896. The average molecular weight is 242 g/mol. The van der Waals surface area contributed by atoms with Crippen LogP contribution in [0.3, 0.4) is 0 Å². The lowest BCUT2D eigenvalue weighted by Crippen LogP contribution is -2.26. The van der Waals surface area contributed by atoms with E-state index in [-0.39, 0.29) is 5.41 Å². The van der Waals surface area contributed by atoms with Gasteiger partial charge < -0.3 is 5.73 Å². The Hall–Kier alpha value is -1.41. The van der Waals surface area contributed by atoms with Gasteiger partial charge in [0.1, 0.15) is 0 Å². The van der Waals surface area contributed by atoms with Gasteiger partial charge in [0.25, 0.3) is 0 Å². The van der Waals surface area contributed by atoms with Crippen LogP contribution in [0.4, 0.5) is 0 Å².